The fourth-order valence-electron chi connectivity index (χ4n) is 12.4. The highest BCUT2D eigenvalue weighted by Gasteiger charge is 2.55. The van der Waals surface area contributed by atoms with Crippen LogP contribution in [0.3, 0.4) is 0 Å². The molecule has 1 aromatic carbocycles. The van der Waals surface area contributed by atoms with Crippen molar-refractivity contribution in [1.82, 2.24) is 20.1 Å². The van der Waals surface area contributed by atoms with E-state index >= 15 is 0 Å². The Bertz CT molecular complexity index is 2690. The lowest BCUT2D eigenvalue weighted by Crippen LogP contribution is -2.61. The van der Waals surface area contributed by atoms with Gasteiger partial charge in [0.1, 0.15) is 41.3 Å². The number of nitrogens with zero attached hydrogens (tertiary/aromatic N) is 2. The van der Waals surface area contributed by atoms with Crippen LogP contribution < -0.4 is 16.1 Å². The molecule has 86 heavy (non-hydrogen) atoms. The molecule has 24 nitrogen and oxygen atoms in total. The number of nitrogens with one attached hydrogen (secondary N) is 2. The second-order valence-electron chi connectivity index (χ2n) is 24.4. The van der Waals surface area contributed by atoms with Gasteiger partial charge in [-0.1, -0.05) is 33.8 Å². The quantitative estimate of drug-likeness (QED) is 0.0601. The van der Waals surface area contributed by atoms with Gasteiger partial charge in [-0.15, -0.1) is 0 Å². The van der Waals surface area contributed by atoms with Crippen molar-refractivity contribution >= 4 is 46.5 Å². The van der Waals surface area contributed by atoms with Gasteiger partial charge in [0.25, 0.3) is 5.91 Å². The number of likely N-dealkylation sites (N-methyl/N-ethyl adjacent to an activating group) is 1. The highest BCUT2D eigenvalue weighted by Crippen LogP contribution is 2.42. The molecule has 18 atom stereocenters. The number of carbonyl (C=O) groups excluding carboxylic acids is 6. The van der Waals surface area contributed by atoms with Gasteiger partial charge < -0.3 is 82.8 Å². The Labute approximate surface area is 505 Å². The molecule has 0 unspecified atom stereocenters. The van der Waals surface area contributed by atoms with Gasteiger partial charge in [-0.2, -0.15) is 0 Å². The number of aromatic nitrogens is 1. The first-order valence-corrected chi connectivity index (χ1v) is 30.3. The lowest BCUT2D eigenvalue weighted by molar-refractivity contribution is -0.320. The van der Waals surface area contributed by atoms with Crippen LogP contribution in [-0.2, 0) is 84.3 Å². The third-order valence-electron chi connectivity index (χ3n) is 17.6. The van der Waals surface area contributed by atoms with E-state index in [1.807, 2.05) is 51.9 Å². The summed E-state index contributed by atoms with van der Waals surface area (Å²) in [6, 6.07) is 5.10. The number of benzene rings is 1. The molecule has 0 aliphatic carbocycles. The maximum atomic E-state index is 14.6. The number of ether oxygens (including phenoxy) is 10. The number of aliphatic hydroxyl groups is 3. The number of carbonyl (C=O) groups is 6. The average molecular weight is 1220 g/mol. The lowest BCUT2D eigenvalue weighted by atomic mass is 9.74. The Kier molecular flexibility index (Phi) is 26.2. The number of Topliss-reactive ketones (excluding diaryl/α,β-unsaturated/α-hetero) is 1. The van der Waals surface area contributed by atoms with Crippen LogP contribution in [0, 0.1) is 23.7 Å². The van der Waals surface area contributed by atoms with Crippen LogP contribution >= 0.6 is 0 Å². The van der Waals surface area contributed by atoms with Crippen molar-refractivity contribution in [3.8, 4) is 0 Å². The van der Waals surface area contributed by atoms with E-state index in [2.05, 4.69) is 10.6 Å². The summed E-state index contributed by atoms with van der Waals surface area (Å²) in [6.45, 7) is 20.7. The summed E-state index contributed by atoms with van der Waals surface area (Å²) in [5.41, 5.74) is -3.92. The predicted molar refractivity (Wildman–Crippen MR) is 315 cm³/mol. The van der Waals surface area contributed by atoms with Crippen molar-refractivity contribution in [2.45, 2.75) is 219 Å². The predicted octanol–water partition coefficient (Wildman–Crippen LogP) is 3.77. The monoisotopic (exact) mass is 1220 g/mol. The molecule has 486 valence electrons. The molecule has 4 heterocycles. The minimum Gasteiger partial charge on any atom is -0.465 e. The summed E-state index contributed by atoms with van der Waals surface area (Å²) >= 11 is 0. The molecule has 3 saturated heterocycles. The number of methoxy groups -OCH3 is 2. The minimum atomic E-state index is -2.04. The number of ketones is 1. The molecular formula is C62H98N4O20. The highest BCUT2D eigenvalue weighted by molar-refractivity contribution is 5.95. The summed E-state index contributed by atoms with van der Waals surface area (Å²) in [5, 5.41) is 41.2. The molecule has 1 amide bonds. The van der Waals surface area contributed by atoms with Gasteiger partial charge in [0.2, 0.25) is 5.43 Å². The Balaban J connectivity index is 1.29. The van der Waals surface area contributed by atoms with Crippen molar-refractivity contribution < 1.29 is 91.5 Å². The Morgan fingerprint density at radius 1 is 0.849 bits per heavy atom. The molecule has 0 radical (unpaired) electrons. The van der Waals surface area contributed by atoms with Crippen LogP contribution in [0.15, 0.2) is 29.2 Å². The second kappa shape index (κ2) is 31.5. The van der Waals surface area contributed by atoms with Crippen LogP contribution in [0.1, 0.15) is 138 Å². The van der Waals surface area contributed by atoms with Crippen molar-refractivity contribution in [2.24, 2.45) is 23.7 Å². The first-order valence-electron chi connectivity index (χ1n) is 30.3. The van der Waals surface area contributed by atoms with Gasteiger partial charge >= 0.3 is 23.9 Å². The Morgan fingerprint density at radius 3 is 2.15 bits per heavy atom. The fourth-order valence-corrected chi connectivity index (χ4v) is 12.4. The lowest BCUT2D eigenvalue weighted by Gasteiger charge is -2.50. The zero-order valence-electron chi connectivity index (χ0n) is 53.3. The van der Waals surface area contributed by atoms with Crippen LogP contribution in [0.25, 0.3) is 10.9 Å². The Hall–Kier alpha value is -4.99. The molecule has 0 saturated carbocycles. The molecule has 2 aromatic rings. The maximum Gasteiger partial charge on any atom is 0.344 e. The van der Waals surface area contributed by atoms with Crippen LogP contribution in [0.5, 0.6) is 0 Å². The molecule has 3 aliphatic rings. The van der Waals surface area contributed by atoms with Gasteiger partial charge in [0.05, 0.1) is 60.6 Å². The zero-order valence-corrected chi connectivity index (χ0v) is 53.3. The number of cyclic esters (lactones) is 1. The number of fused-ring (bicyclic) bond motifs is 1. The molecule has 0 spiro atoms. The van der Waals surface area contributed by atoms with Crippen molar-refractivity contribution in [3.63, 3.8) is 0 Å². The summed E-state index contributed by atoms with van der Waals surface area (Å²) < 4.78 is 63.0. The summed E-state index contributed by atoms with van der Waals surface area (Å²) in [6.07, 6.45) is -7.25. The standard InChI is InChI=1S/C62H98N4O20/c1-17-45-62(12,76)54(73)36(6)50(70)34(4)29-60(10,77-15)55(86-59-52(72)44(65(13)14)27-35(5)81-59)37(7)53(38(8)57(74)83-45)85-49-30-61(11,78-16)56(39(9)82-49)84-47(68)24-26-63-25-20-21-40-22-23-43-41(28-40)51(71)42(32-66(43)18-2)58(75)80-33-46(67)64-31-48(69)79-19-3/h22-23,28,32,34-39,44-45,49,52-56,59,63,72-73,76H,17-21,24-27,29-31,33H2,1-16H3,(H,64,67)/t34-,35+,36-,37+,38+,39-,44-,45-,49+,52-,53+,54+,55-,56+,59-,60+,61-,62+/m0/s1. The van der Waals surface area contributed by atoms with Gasteiger partial charge in [-0.25, -0.2) is 4.79 Å². The molecule has 1 aromatic heterocycles. The van der Waals surface area contributed by atoms with Crippen molar-refractivity contribution in [1.29, 1.82) is 0 Å². The fraction of sp³-hybridized carbons (Fsp3) is 0.758. The van der Waals surface area contributed by atoms with E-state index < -0.39 is 144 Å². The topological polar surface area (TPSA) is 305 Å². The molecule has 3 aliphatic heterocycles. The molecule has 3 fully saturated rings. The van der Waals surface area contributed by atoms with Crippen molar-refractivity contribution in [2.75, 3.05) is 61.2 Å². The molecular weight excluding hydrogens is 1120 g/mol. The third kappa shape index (κ3) is 17.4. The largest absolute Gasteiger partial charge is 0.465 e. The van der Waals surface area contributed by atoms with E-state index in [0.717, 1.165) is 5.56 Å². The number of pyridine rings is 1. The van der Waals surface area contributed by atoms with Crippen LogP contribution in [-0.4, -0.2) is 206 Å². The summed E-state index contributed by atoms with van der Waals surface area (Å²) in [4.78, 5) is 94.8. The maximum absolute atomic E-state index is 14.6. The van der Waals surface area contributed by atoms with E-state index in [9.17, 15) is 48.9 Å². The smallest absolute Gasteiger partial charge is 0.344 e. The van der Waals surface area contributed by atoms with Crippen LogP contribution in [0.4, 0.5) is 0 Å². The first kappa shape index (κ1) is 71.8. The molecule has 5 N–H and O–H groups in total. The first-order chi connectivity index (χ1) is 40.4. The molecule has 5 rings (SSSR count). The number of esters is 4. The van der Waals surface area contributed by atoms with Gasteiger partial charge in [0, 0.05) is 69.1 Å². The Morgan fingerprint density at radius 2 is 1.52 bits per heavy atom. The van der Waals surface area contributed by atoms with Crippen LogP contribution in [0.2, 0.25) is 0 Å². The number of amides is 1. The highest BCUT2D eigenvalue weighted by atomic mass is 16.7. The minimum absolute atomic E-state index is 0.000448. The van der Waals surface area contributed by atoms with E-state index in [0.29, 0.717) is 43.3 Å². The van der Waals surface area contributed by atoms with Gasteiger partial charge in [0.15, 0.2) is 25.3 Å². The summed E-state index contributed by atoms with van der Waals surface area (Å²) in [5.74, 6) is -7.79. The molecule has 0 bridgehead atoms. The normalized spacial score (nSPS) is 34.0. The SMILES string of the molecule is CCOC(=O)CNC(=O)COC(=O)c1cn(CC)c2ccc(CCCNCCC(=O)O[C@@H]3[C@H](C)O[C@H](O[C@@H]4[C@@H](C)[C@H](O[C@@H]5O[C@H](C)C[C@H](N(C)C)[C@@H]5O)[C@](C)(OC)C[C@H](C)C(=O)[C@H](C)[C@@H](O)[C@](C)(O)[C@H](CC)OC(=O)[C@@H]4C)C[C@]3(C)OC)cc2c1=O. The number of aryl methyl sites for hydroxylation is 2. The number of aliphatic hydroxyl groups excluding tert-OH is 2. The van der Waals surface area contributed by atoms with Crippen molar-refractivity contribution in [3.05, 3.63) is 45.7 Å². The average Bonchev–Trinajstić information content (AvgIpc) is 0.983. The number of hydrogen-bond acceptors (Lipinski definition) is 22. The number of hydrogen-bond donors (Lipinski definition) is 5. The number of rotatable bonds is 23. The van der Waals surface area contributed by atoms with Gasteiger partial charge in [-0.3, -0.25) is 28.8 Å². The second-order valence-corrected chi connectivity index (χ2v) is 24.4. The summed E-state index contributed by atoms with van der Waals surface area (Å²) in [7, 11) is 6.69. The third-order valence-corrected chi connectivity index (χ3v) is 17.6. The zero-order chi connectivity index (χ0) is 64.2. The van der Waals surface area contributed by atoms with E-state index in [1.165, 1.54) is 34.3 Å². The molecule has 24 heteroatoms. The van der Waals surface area contributed by atoms with E-state index in [4.69, 9.17) is 47.4 Å². The van der Waals surface area contributed by atoms with E-state index in [-0.39, 0.29) is 62.3 Å². The van der Waals surface area contributed by atoms with E-state index in [1.54, 1.807) is 59.1 Å². The van der Waals surface area contributed by atoms with Gasteiger partial charge in [-0.05, 0) is 126 Å².